The Hall–Kier alpha value is -1.92. The van der Waals surface area contributed by atoms with Crippen molar-refractivity contribution in [2.75, 3.05) is 19.6 Å². The van der Waals surface area contributed by atoms with Gasteiger partial charge in [-0.3, -0.25) is 4.79 Å². The second-order valence-electron chi connectivity index (χ2n) is 7.60. The van der Waals surface area contributed by atoms with Crippen molar-refractivity contribution < 1.29 is 15.0 Å². The Labute approximate surface area is 170 Å². The number of amides is 1. The number of rotatable bonds is 5. The highest BCUT2D eigenvalue weighted by atomic mass is 35.5. The highest BCUT2D eigenvalue weighted by Gasteiger charge is 2.42. The minimum atomic E-state index is -1.39. The third kappa shape index (κ3) is 4.55. The summed E-state index contributed by atoms with van der Waals surface area (Å²) in [6, 6.07) is 12.8. The molecule has 3 N–H and O–H groups in total. The van der Waals surface area contributed by atoms with Crippen LogP contribution in [0.15, 0.2) is 42.5 Å². The van der Waals surface area contributed by atoms with E-state index in [4.69, 9.17) is 11.6 Å². The topological polar surface area (TPSA) is 72.8 Å². The zero-order valence-electron chi connectivity index (χ0n) is 16.3. The number of nitrogens with one attached hydrogen (secondary N) is 1. The summed E-state index contributed by atoms with van der Waals surface area (Å²) < 4.78 is 0. The standard InChI is InChI=1S/C22H27ClN2O3/c1-15-4-3-5-18(16(15)2)12-24-13-22(28)14-25(11-10-20(22)26)21(27)17-6-8-19(23)9-7-17/h3-9,20,24,26,28H,10-14H2,1-2H3/t20-,22+/m0/s1. The average molecular weight is 403 g/mol. The molecule has 2 aromatic rings. The van der Waals surface area contributed by atoms with E-state index >= 15 is 0 Å². The summed E-state index contributed by atoms with van der Waals surface area (Å²) in [6.07, 6.45) is -0.547. The summed E-state index contributed by atoms with van der Waals surface area (Å²) in [5.41, 5.74) is 2.72. The van der Waals surface area contributed by atoms with E-state index in [-0.39, 0.29) is 19.0 Å². The minimum absolute atomic E-state index is 0.0788. The van der Waals surface area contributed by atoms with Gasteiger partial charge in [-0.1, -0.05) is 29.8 Å². The van der Waals surface area contributed by atoms with Gasteiger partial charge in [-0.15, -0.1) is 0 Å². The number of benzene rings is 2. The van der Waals surface area contributed by atoms with E-state index in [0.29, 0.717) is 30.1 Å². The molecule has 0 aromatic heterocycles. The third-order valence-corrected chi connectivity index (χ3v) is 5.85. The van der Waals surface area contributed by atoms with Gasteiger partial charge < -0.3 is 20.4 Å². The molecule has 5 nitrogen and oxygen atoms in total. The van der Waals surface area contributed by atoms with Crippen molar-refractivity contribution in [3.63, 3.8) is 0 Å². The van der Waals surface area contributed by atoms with E-state index in [9.17, 15) is 15.0 Å². The van der Waals surface area contributed by atoms with Crippen LogP contribution in [0, 0.1) is 13.8 Å². The molecule has 1 amide bonds. The molecule has 1 saturated heterocycles. The van der Waals surface area contributed by atoms with Crippen LogP contribution in [-0.2, 0) is 6.54 Å². The fourth-order valence-corrected chi connectivity index (χ4v) is 3.73. The fraction of sp³-hybridized carbons (Fsp3) is 0.409. The van der Waals surface area contributed by atoms with Crippen molar-refractivity contribution in [3.05, 3.63) is 69.7 Å². The number of β-amino-alcohol motifs (C(OH)–C–C–N with tert-alkyl or cyclic N) is 1. The van der Waals surface area contributed by atoms with Crippen molar-refractivity contribution >= 4 is 17.5 Å². The summed E-state index contributed by atoms with van der Waals surface area (Å²) in [5, 5.41) is 25.2. The number of hydrogen-bond acceptors (Lipinski definition) is 4. The van der Waals surface area contributed by atoms with Crippen LogP contribution < -0.4 is 5.32 Å². The summed E-state index contributed by atoms with van der Waals surface area (Å²) >= 11 is 5.89. The maximum Gasteiger partial charge on any atom is 0.253 e. The lowest BCUT2D eigenvalue weighted by molar-refractivity contribution is -0.111. The van der Waals surface area contributed by atoms with Crippen molar-refractivity contribution in [1.82, 2.24) is 10.2 Å². The van der Waals surface area contributed by atoms with Gasteiger partial charge in [-0.05, 0) is 61.2 Å². The third-order valence-electron chi connectivity index (χ3n) is 5.60. The number of aliphatic hydroxyl groups is 2. The van der Waals surface area contributed by atoms with E-state index < -0.39 is 11.7 Å². The normalized spacial score (nSPS) is 22.3. The van der Waals surface area contributed by atoms with Gasteiger partial charge in [0.1, 0.15) is 5.60 Å². The molecule has 6 heteroatoms. The molecule has 28 heavy (non-hydrogen) atoms. The molecule has 1 aliphatic heterocycles. The van der Waals surface area contributed by atoms with E-state index in [0.717, 1.165) is 5.56 Å². The average Bonchev–Trinajstić information content (AvgIpc) is 2.67. The molecule has 3 rings (SSSR count). The van der Waals surface area contributed by atoms with E-state index in [1.54, 1.807) is 29.2 Å². The Morgan fingerprint density at radius 3 is 2.68 bits per heavy atom. The molecular formula is C22H27ClN2O3. The molecule has 0 unspecified atom stereocenters. The molecule has 2 aromatic carbocycles. The Balaban J connectivity index is 1.64. The molecular weight excluding hydrogens is 376 g/mol. The molecule has 150 valence electrons. The summed E-state index contributed by atoms with van der Waals surface area (Å²) in [7, 11) is 0. The molecule has 0 radical (unpaired) electrons. The number of aliphatic hydroxyl groups excluding tert-OH is 1. The van der Waals surface area contributed by atoms with Gasteiger partial charge in [0.05, 0.1) is 12.6 Å². The number of halogens is 1. The van der Waals surface area contributed by atoms with Crippen LogP contribution in [0.4, 0.5) is 0 Å². The molecule has 0 aliphatic carbocycles. The van der Waals surface area contributed by atoms with E-state index in [1.165, 1.54) is 11.1 Å². The Kier molecular flexibility index (Phi) is 6.40. The molecule has 1 aliphatic rings. The first kappa shape index (κ1) is 20.8. The Bertz CT molecular complexity index is 840. The Morgan fingerprint density at radius 2 is 1.96 bits per heavy atom. The summed E-state index contributed by atoms with van der Waals surface area (Å²) in [5.74, 6) is -0.170. The van der Waals surface area contributed by atoms with E-state index in [2.05, 4.69) is 25.2 Å². The van der Waals surface area contributed by atoms with E-state index in [1.807, 2.05) is 12.1 Å². The predicted octanol–water partition coefficient (Wildman–Crippen LogP) is 2.68. The molecule has 0 spiro atoms. The SMILES string of the molecule is Cc1cccc(CNC[C@@]2(O)CN(C(=O)c3ccc(Cl)cc3)CC[C@@H]2O)c1C. The monoisotopic (exact) mass is 402 g/mol. The van der Waals surface area contributed by atoms with Crippen molar-refractivity contribution in [1.29, 1.82) is 0 Å². The lowest BCUT2D eigenvalue weighted by Crippen LogP contribution is -2.62. The predicted molar refractivity (Wildman–Crippen MR) is 111 cm³/mol. The largest absolute Gasteiger partial charge is 0.390 e. The number of aryl methyl sites for hydroxylation is 1. The summed E-state index contributed by atoms with van der Waals surface area (Å²) in [6.45, 7) is 5.41. The Morgan fingerprint density at radius 1 is 1.25 bits per heavy atom. The summed E-state index contributed by atoms with van der Waals surface area (Å²) in [4.78, 5) is 14.3. The highest BCUT2D eigenvalue weighted by Crippen LogP contribution is 2.24. The molecule has 1 heterocycles. The molecule has 0 saturated carbocycles. The maximum absolute atomic E-state index is 12.8. The zero-order chi connectivity index (χ0) is 20.3. The van der Waals surface area contributed by atoms with Crippen LogP contribution in [0.3, 0.4) is 0 Å². The van der Waals surface area contributed by atoms with Crippen LogP contribution in [0.5, 0.6) is 0 Å². The quantitative estimate of drug-likeness (QED) is 0.719. The first-order chi connectivity index (χ1) is 13.3. The number of carbonyl (C=O) groups is 1. The molecule has 0 bridgehead atoms. The van der Waals surface area contributed by atoms with Crippen molar-refractivity contribution in [3.8, 4) is 0 Å². The first-order valence-electron chi connectivity index (χ1n) is 9.51. The van der Waals surface area contributed by atoms with Gasteiger partial charge in [0.15, 0.2) is 0 Å². The lowest BCUT2D eigenvalue weighted by Gasteiger charge is -2.42. The second kappa shape index (κ2) is 8.62. The van der Waals surface area contributed by atoms with Crippen molar-refractivity contribution in [2.45, 2.75) is 38.5 Å². The lowest BCUT2D eigenvalue weighted by atomic mass is 9.89. The number of piperidine rings is 1. The van der Waals surface area contributed by atoms with Gasteiger partial charge >= 0.3 is 0 Å². The number of likely N-dealkylation sites (tertiary alicyclic amines) is 1. The van der Waals surface area contributed by atoms with Crippen LogP contribution >= 0.6 is 11.6 Å². The van der Waals surface area contributed by atoms with Gasteiger partial charge in [-0.25, -0.2) is 0 Å². The maximum atomic E-state index is 12.8. The minimum Gasteiger partial charge on any atom is -0.390 e. The van der Waals surface area contributed by atoms with Gasteiger partial charge in [0.2, 0.25) is 0 Å². The zero-order valence-corrected chi connectivity index (χ0v) is 17.0. The van der Waals surface area contributed by atoms with Crippen molar-refractivity contribution in [2.24, 2.45) is 0 Å². The molecule has 1 fully saturated rings. The fourth-order valence-electron chi connectivity index (χ4n) is 3.60. The smallest absolute Gasteiger partial charge is 0.253 e. The second-order valence-corrected chi connectivity index (χ2v) is 8.04. The molecule has 2 atom stereocenters. The number of nitrogens with zero attached hydrogens (tertiary/aromatic N) is 1. The van der Waals surface area contributed by atoms with Gasteiger partial charge in [0, 0.05) is 30.2 Å². The highest BCUT2D eigenvalue weighted by molar-refractivity contribution is 6.30. The van der Waals surface area contributed by atoms with Crippen LogP contribution in [0.2, 0.25) is 5.02 Å². The number of carbonyl (C=O) groups excluding carboxylic acids is 1. The van der Waals surface area contributed by atoms with Crippen LogP contribution in [0.25, 0.3) is 0 Å². The van der Waals surface area contributed by atoms with Crippen LogP contribution in [-0.4, -0.2) is 52.4 Å². The van der Waals surface area contributed by atoms with Gasteiger partial charge in [-0.2, -0.15) is 0 Å². The first-order valence-corrected chi connectivity index (χ1v) is 9.89. The van der Waals surface area contributed by atoms with Crippen LogP contribution in [0.1, 0.15) is 33.5 Å². The van der Waals surface area contributed by atoms with Gasteiger partial charge in [0.25, 0.3) is 5.91 Å². The number of hydrogen-bond donors (Lipinski definition) is 3.